The molecule has 0 atom stereocenters. The Morgan fingerprint density at radius 2 is 1.74 bits per heavy atom. The highest BCUT2D eigenvalue weighted by Gasteiger charge is 2.16. The first-order valence-electron chi connectivity index (χ1n) is 8.40. The van der Waals surface area contributed by atoms with Crippen molar-refractivity contribution in [1.29, 1.82) is 0 Å². The van der Waals surface area contributed by atoms with E-state index >= 15 is 0 Å². The summed E-state index contributed by atoms with van der Waals surface area (Å²) in [7, 11) is 0. The number of nitrogens with one attached hydrogen (secondary N) is 3. The van der Waals surface area contributed by atoms with Gasteiger partial charge < -0.3 is 19.8 Å². The largest absolute Gasteiger partial charge is 0.467 e. The fourth-order valence-electron chi connectivity index (χ4n) is 2.05. The number of carbonyl (C=O) groups excluding carboxylic acids is 3. The Labute approximate surface area is 157 Å². The van der Waals surface area contributed by atoms with E-state index in [1.54, 1.807) is 57.2 Å². The highest BCUT2D eigenvalue weighted by molar-refractivity contribution is 5.97. The van der Waals surface area contributed by atoms with Crippen LogP contribution in [-0.2, 0) is 16.1 Å². The second-order valence-electron chi connectivity index (χ2n) is 6.74. The van der Waals surface area contributed by atoms with Gasteiger partial charge in [-0.2, -0.15) is 0 Å². The van der Waals surface area contributed by atoms with Crippen LogP contribution in [0.3, 0.4) is 0 Å². The molecule has 0 unspecified atom stereocenters. The number of hydrogen-bond donors (Lipinski definition) is 3. The molecule has 144 valence electrons. The van der Waals surface area contributed by atoms with E-state index in [0.717, 1.165) is 0 Å². The quantitative estimate of drug-likeness (QED) is 0.721. The maximum absolute atomic E-state index is 12.1. The molecule has 8 nitrogen and oxygen atoms in total. The third-order valence-electron chi connectivity index (χ3n) is 3.24. The third kappa shape index (κ3) is 7.23. The second-order valence-corrected chi connectivity index (χ2v) is 6.74. The molecule has 0 spiro atoms. The molecule has 0 aliphatic carbocycles. The van der Waals surface area contributed by atoms with Gasteiger partial charge in [-0.05, 0) is 57.2 Å². The van der Waals surface area contributed by atoms with Gasteiger partial charge >= 0.3 is 6.09 Å². The average molecular weight is 373 g/mol. The van der Waals surface area contributed by atoms with Crippen LogP contribution < -0.4 is 16.0 Å². The van der Waals surface area contributed by atoms with Crippen molar-refractivity contribution in [3.63, 3.8) is 0 Å². The highest BCUT2D eigenvalue weighted by atomic mass is 16.6. The molecular weight excluding hydrogens is 350 g/mol. The van der Waals surface area contributed by atoms with Gasteiger partial charge in [0.05, 0.1) is 19.4 Å². The van der Waals surface area contributed by atoms with E-state index in [0.29, 0.717) is 17.0 Å². The molecule has 0 aliphatic heterocycles. The van der Waals surface area contributed by atoms with E-state index in [4.69, 9.17) is 9.15 Å². The van der Waals surface area contributed by atoms with Crippen LogP contribution in [0.25, 0.3) is 0 Å². The number of rotatable bonds is 6. The summed E-state index contributed by atoms with van der Waals surface area (Å²) < 4.78 is 10.3. The van der Waals surface area contributed by atoms with Gasteiger partial charge in [-0.1, -0.05) is 0 Å². The van der Waals surface area contributed by atoms with E-state index in [1.807, 2.05) is 0 Å². The minimum absolute atomic E-state index is 0.155. The minimum atomic E-state index is -0.596. The predicted octanol–water partition coefficient (Wildman–Crippen LogP) is 2.67. The lowest BCUT2D eigenvalue weighted by Gasteiger charge is -2.19. The lowest BCUT2D eigenvalue weighted by atomic mass is 10.2. The Kier molecular flexibility index (Phi) is 6.59. The van der Waals surface area contributed by atoms with Gasteiger partial charge in [0.2, 0.25) is 5.91 Å². The van der Waals surface area contributed by atoms with Crippen LogP contribution in [-0.4, -0.2) is 30.1 Å². The first kappa shape index (κ1) is 20.0. The molecular formula is C19H23N3O5. The second kappa shape index (κ2) is 8.88. The maximum atomic E-state index is 12.1. The van der Waals surface area contributed by atoms with Gasteiger partial charge in [0, 0.05) is 11.3 Å². The summed E-state index contributed by atoms with van der Waals surface area (Å²) in [5.41, 5.74) is 0.266. The maximum Gasteiger partial charge on any atom is 0.412 e. The predicted molar refractivity (Wildman–Crippen MR) is 99.2 cm³/mol. The Balaban J connectivity index is 1.77. The van der Waals surface area contributed by atoms with Crippen LogP contribution >= 0.6 is 0 Å². The van der Waals surface area contributed by atoms with E-state index in [2.05, 4.69) is 16.0 Å². The SMILES string of the molecule is CC(C)(C)OC(=O)Nc1ccc(C(=O)NCC(=O)NCc2ccco2)cc1. The summed E-state index contributed by atoms with van der Waals surface area (Å²) in [6.07, 6.45) is 0.942. The van der Waals surface area contributed by atoms with E-state index in [-0.39, 0.29) is 19.0 Å². The van der Waals surface area contributed by atoms with Crippen LogP contribution in [0, 0.1) is 0 Å². The molecule has 3 N–H and O–H groups in total. The molecule has 8 heteroatoms. The molecule has 3 amide bonds. The molecule has 0 radical (unpaired) electrons. The summed E-state index contributed by atoms with van der Waals surface area (Å²) in [6.45, 7) is 5.41. The van der Waals surface area contributed by atoms with E-state index in [9.17, 15) is 14.4 Å². The molecule has 0 fully saturated rings. The molecule has 0 aliphatic rings. The smallest absolute Gasteiger partial charge is 0.412 e. The van der Waals surface area contributed by atoms with Gasteiger partial charge in [0.15, 0.2) is 0 Å². The summed E-state index contributed by atoms with van der Waals surface area (Å²) in [6, 6.07) is 9.72. The molecule has 1 aromatic carbocycles. The van der Waals surface area contributed by atoms with Crippen molar-refractivity contribution in [2.45, 2.75) is 32.9 Å². The van der Waals surface area contributed by atoms with Gasteiger partial charge in [-0.3, -0.25) is 14.9 Å². The first-order valence-corrected chi connectivity index (χ1v) is 8.40. The van der Waals surface area contributed by atoms with Crippen molar-refractivity contribution in [3.8, 4) is 0 Å². The number of benzene rings is 1. The van der Waals surface area contributed by atoms with Crippen molar-refractivity contribution in [3.05, 3.63) is 54.0 Å². The van der Waals surface area contributed by atoms with E-state index in [1.165, 1.54) is 6.26 Å². The zero-order chi connectivity index (χ0) is 19.9. The van der Waals surface area contributed by atoms with Crippen LogP contribution in [0.2, 0.25) is 0 Å². The number of furan rings is 1. The lowest BCUT2D eigenvalue weighted by Crippen LogP contribution is -2.36. The van der Waals surface area contributed by atoms with Crippen molar-refractivity contribution in [2.24, 2.45) is 0 Å². The Bertz CT molecular complexity index is 777. The standard InChI is InChI=1S/C19H23N3O5/c1-19(2,3)27-18(25)22-14-8-6-13(7-9-14)17(24)21-12-16(23)20-11-15-5-4-10-26-15/h4-10H,11-12H2,1-3H3,(H,20,23)(H,21,24)(H,22,25). The lowest BCUT2D eigenvalue weighted by molar-refractivity contribution is -0.120. The van der Waals surface area contributed by atoms with Gasteiger partial charge in [-0.25, -0.2) is 4.79 Å². The molecule has 1 heterocycles. The molecule has 2 aromatic rings. The van der Waals surface area contributed by atoms with Crippen molar-refractivity contribution >= 4 is 23.6 Å². The van der Waals surface area contributed by atoms with Crippen molar-refractivity contribution in [1.82, 2.24) is 10.6 Å². The normalized spacial score (nSPS) is 10.8. The van der Waals surface area contributed by atoms with E-state index < -0.39 is 17.6 Å². The summed E-state index contributed by atoms with van der Waals surface area (Å²) in [4.78, 5) is 35.5. The van der Waals surface area contributed by atoms with Gasteiger partial charge in [0.1, 0.15) is 11.4 Å². The van der Waals surface area contributed by atoms with Crippen LogP contribution in [0.4, 0.5) is 10.5 Å². The fraction of sp³-hybridized carbons (Fsp3) is 0.316. The zero-order valence-electron chi connectivity index (χ0n) is 15.5. The third-order valence-corrected chi connectivity index (χ3v) is 3.24. The minimum Gasteiger partial charge on any atom is -0.467 e. The Hall–Kier alpha value is -3.29. The number of amides is 3. The topological polar surface area (TPSA) is 110 Å². The van der Waals surface area contributed by atoms with Gasteiger partial charge in [0.25, 0.3) is 5.91 Å². The Morgan fingerprint density at radius 1 is 1.04 bits per heavy atom. The monoisotopic (exact) mass is 373 g/mol. The summed E-state index contributed by atoms with van der Waals surface area (Å²) in [5, 5.41) is 7.74. The summed E-state index contributed by atoms with van der Waals surface area (Å²) >= 11 is 0. The molecule has 0 saturated carbocycles. The molecule has 0 saturated heterocycles. The average Bonchev–Trinajstić information content (AvgIpc) is 3.10. The number of hydrogen-bond acceptors (Lipinski definition) is 5. The number of carbonyl (C=O) groups is 3. The number of ether oxygens (including phenoxy) is 1. The van der Waals surface area contributed by atoms with Crippen LogP contribution in [0.5, 0.6) is 0 Å². The van der Waals surface area contributed by atoms with Crippen LogP contribution in [0.15, 0.2) is 47.1 Å². The molecule has 2 rings (SSSR count). The highest BCUT2D eigenvalue weighted by Crippen LogP contribution is 2.13. The van der Waals surface area contributed by atoms with Crippen molar-refractivity contribution in [2.75, 3.05) is 11.9 Å². The van der Waals surface area contributed by atoms with Gasteiger partial charge in [-0.15, -0.1) is 0 Å². The van der Waals surface area contributed by atoms with Crippen molar-refractivity contribution < 1.29 is 23.5 Å². The first-order chi connectivity index (χ1) is 12.7. The molecule has 0 bridgehead atoms. The summed E-state index contributed by atoms with van der Waals surface area (Å²) in [5.74, 6) is -0.0994. The Morgan fingerprint density at radius 3 is 2.33 bits per heavy atom. The number of anilines is 1. The molecule has 1 aromatic heterocycles. The van der Waals surface area contributed by atoms with Crippen LogP contribution in [0.1, 0.15) is 36.9 Å². The fourth-order valence-corrected chi connectivity index (χ4v) is 2.05. The zero-order valence-corrected chi connectivity index (χ0v) is 15.5. The molecule has 27 heavy (non-hydrogen) atoms.